The topological polar surface area (TPSA) is 76.1 Å². The highest BCUT2D eigenvalue weighted by atomic mass is 35.7. The molecule has 1 fully saturated rings. The summed E-state index contributed by atoms with van der Waals surface area (Å²) < 4.78 is 22.1. The lowest BCUT2D eigenvalue weighted by Crippen LogP contribution is -2.24. The molecule has 1 aliphatic rings. The number of halogens is 1. The predicted octanol–water partition coefficient (Wildman–Crippen LogP) is 2.53. The molecule has 1 aliphatic carbocycles. The van der Waals surface area contributed by atoms with Crippen molar-refractivity contribution in [3.63, 3.8) is 0 Å². The molecule has 5 nitrogen and oxygen atoms in total. The molecule has 0 saturated heterocycles. The number of amides is 1. The molecule has 0 aromatic carbocycles. The molecule has 2 rings (SSSR count). The minimum Gasteiger partial charge on any atom is -0.324 e. The Morgan fingerprint density at radius 1 is 1.26 bits per heavy atom. The average molecular weight is 303 g/mol. The Bertz CT molecular complexity index is 551. The van der Waals surface area contributed by atoms with Crippen LogP contribution in [-0.2, 0) is 13.8 Å². The smallest absolute Gasteiger partial charge is 0.278 e. The minimum atomic E-state index is -3.82. The molecule has 0 spiro atoms. The summed E-state index contributed by atoms with van der Waals surface area (Å²) in [6.45, 7) is 0. The van der Waals surface area contributed by atoms with Crippen LogP contribution in [0.2, 0.25) is 0 Å². The second-order valence-electron chi connectivity index (χ2n) is 4.65. The van der Waals surface area contributed by atoms with Crippen molar-refractivity contribution in [1.82, 2.24) is 4.98 Å². The van der Waals surface area contributed by atoms with Crippen LogP contribution in [-0.4, -0.2) is 19.3 Å². The van der Waals surface area contributed by atoms with Gasteiger partial charge in [0.1, 0.15) is 0 Å². The van der Waals surface area contributed by atoms with Gasteiger partial charge in [-0.25, -0.2) is 13.4 Å². The first-order valence-corrected chi connectivity index (χ1v) is 8.49. The number of nitrogens with zero attached hydrogens (tertiary/aromatic N) is 1. The quantitative estimate of drug-likeness (QED) is 0.871. The molecule has 1 aromatic rings. The van der Waals surface area contributed by atoms with E-state index >= 15 is 0 Å². The molecule has 104 valence electrons. The van der Waals surface area contributed by atoms with E-state index in [2.05, 4.69) is 10.3 Å². The maximum atomic E-state index is 12.0. The van der Waals surface area contributed by atoms with Crippen molar-refractivity contribution in [2.75, 3.05) is 5.32 Å². The van der Waals surface area contributed by atoms with Gasteiger partial charge in [0.15, 0.2) is 5.03 Å². The van der Waals surface area contributed by atoms with Crippen molar-refractivity contribution in [2.45, 2.75) is 37.1 Å². The van der Waals surface area contributed by atoms with Crippen LogP contribution in [0.15, 0.2) is 23.4 Å². The van der Waals surface area contributed by atoms with Crippen LogP contribution in [0, 0.1) is 5.92 Å². The maximum Gasteiger partial charge on any atom is 0.278 e. The van der Waals surface area contributed by atoms with Gasteiger partial charge >= 0.3 is 0 Å². The van der Waals surface area contributed by atoms with E-state index in [9.17, 15) is 13.2 Å². The summed E-state index contributed by atoms with van der Waals surface area (Å²) in [4.78, 5) is 15.7. The largest absolute Gasteiger partial charge is 0.324 e. The molecule has 1 amide bonds. The Labute approximate surface area is 116 Å². The van der Waals surface area contributed by atoms with E-state index in [-0.39, 0.29) is 16.9 Å². The standard InChI is InChI=1S/C12H15ClN2O3S/c13-19(17,18)11-7-6-10(8-14-11)15-12(16)9-4-2-1-3-5-9/h6-9H,1-5H2,(H,15,16). The summed E-state index contributed by atoms with van der Waals surface area (Å²) >= 11 is 0. The Kier molecular flexibility index (Phi) is 4.42. The molecule has 1 aromatic heterocycles. The van der Waals surface area contributed by atoms with Gasteiger partial charge in [0, 0.05) is 16.6 Å². The zero-order chi connectivity index (χ0) is 13.9. The second-order valence-corrected chi connectivity index (χ2v) is 7.16. The number of rotatable bonds is 3. The number of carbonyl (C=O) groups excluding carboxylic acids is 1. The first-order chi connectivity index (χ1) is 8.97. The predicted molar refractivity (Wildman–Crippen MR) is 72.5 cm³/mol. The molecule has 0 bridgehead atoms. The van der Waals surface area contributed by atoms with Gasteiger partial charge in [-0.1, -0.05) is 19.3 Å². The Morgan fingerprint density at radius 2 is 1.95 bits per heavy atom. The molecule has 0 aliphatic heterocycles. The maximum absolute atomic E-state index is 12.0. The second kappa shape index (κ2) is 5.88. The van der Waals surface area contributed by atoms with Gasteiger partial charge in [0.05, 0.1) is 11.9 Å². The van der Waals surface area contributed by atoms with Crippen molar-refractivity contribution < 1.29 is 13.2 Å². The summed E-state index contributed by atoms with van der Waals surface area (Å²) in [6.07, 6.45) is 6.48. The van der Waals surface area contributed by atoms with Crippen LogP contribution < -0.4 is 5.32 Å². The highest BCUT2D eigenvalue weighted by Gasteiger charge is 2.21. The van der Waals surface area contributed by atoms with E-state index in [0.29, 0.717) is 5.69 Å². The van der Waals surface area contributed by atoms with Gasteiger partial charge in [-0.2, -0.15) is 0 Å². The van der Waals surface area contributed by atoms with Crippen LogP contribution >= 0.6 is 10.7 Å². The number of nitrogens with one attached hydrogen (secondary N) is 1. The SMILES string of the molecule is O=C(Nc1ccc(S(=O)(=O)Cl)nc1)C1CCCCC1. The summed E-state index contributed by atoms with van der Waals surface area (Å²) in [6, 6.07) is 2.77. The lowest BCUT2D eigenvalue weighted by Gasteiger charge is -2.20. The molecule has 0 radical (unpaired) electrons. The molecule has 0 atom stereocenters. The minimum absolute atomic E-state index is 0.0250. The van der Waals surface area contributed by atoms with E-state index < -0.39 is 9.05 Å². The first-order valence-electron chi connectivity index (χ1n) is 6.18. The first kappa shape index (κ1) is 14.3. The molecule has 1 saturated carbocycles. The van der Waals surface area contributed by atoms with Gasteiger partial charge < -0.3 is 5.32 Å². The highest BCUT2D eigenvalue weighted by molar-refractivity contribution is 8.13. The van der Waals surface area contributed by atoms with Crippen LogP contribution in [0.5, 0.6) is 0 Å². The van der Waals surface area contributed by atoms with Gasteiger partial charge in [0.25, 0.3) is 9.05 Å². The third-order valence-corrected chi connectivity index (χ3v) is 4.45. The number of carbonyl (C=O) groups is 1. The highest BCUT2D eigenvalue weighted by Crippen LogP contribution is 2.25. The van der Waals surface area contributed by atoms with E-state index in [4.69, 9.17) is 10.7 Å². The third kappa shape index (κ3) is 3.91. The van der Waals surface area contributed by atoms with E-state index in [1.807, 2.05) is 0 Å². The van der Waals surface area contributed by atoms with Gasteiger partial charge in [-0.3, -0.25) is 4.79 Å². The molecule has 19 heavy (non-hydrogen) atoms. The van der Waals surface area contributed by atoms with Crippen LogP contribution in [0.1, 0.15) is 32.1 Å². The number of hydrogen-bond acceptors (Lipinski definition) is 4. The van der Waals surface area contributed by atoms with E-state index in [0.717, 1.165) is 25.7 Å². The lowest BCUT2D eigenvalue weighted by atomic mass is 9.88. The Balaban J connectivity index is 2.01. The molecule has 0 unspecified atom stereocenters. The van der Waals surface area contributed by atoms with Crippen LogP contribution in [0.25, 0.3) is 0 Å². The van der Waals surface area contributed by atoms with Gasteiger partial charge in [0.2, 0.25) is 5.91 Å². The Morgan fingerprint density at radius 3 is 2.47 bits per heavy atom. The fourth-order valence-corrected chi connectivity index (χ4v) is 2.89. The molecular formula is C12H15ClN2O3S. The zero-order valence-corrected chi connectivity index (χ0v) is 11.9. The summed E-state index contributed by atoms with van der Waals surface area (Å²) in [5.41, 5.74) is 0.486. The summed E-state index contributed by atoms with van der Waals surface area (Å²) in [7, 11) is 1.34. The fourth-order valence-electron chi connectivity index (χ4n) is 2.21. The normalized spacial score (nSPS) is 17.1. The summed E-state index contributed by atoms with van der Waals surface area (Å²) in [5.74, 6) is 0.0215. The lowest BCUT2D eigenvalue weighted by molar-refractivity contribution is -0.120. The van der Waals surface area contributed by atoms with Crippen molar-refractivity contribution >= 4 is 31.3 Å². The van der Waals surface area contributed by atoms with Crippen molar-refractivity contribution in [3.05, 3.63) is 18.3 Å². The number of hydrogen-bond donors (Lipinski definition) is 1. The molecule has 7 heteroatoms. The van der Waals surface area contributed by atoms with Crippen LogP contribution in [0.3, 0.4) is 0 Å². The third-order valence-electron chi connectivity index (χ3n) is 3.23. The zero-order valence-electron chi connectivity index (χ0n) is 10.3. The molecular weight excluding hydrogens is 288 g/mol. The molecule has 1 heterocycles. The fraction of sp³-hybridized carbons (Fsp3) is 0.500. The summed E-state index contributed by atoms with van der Waals surface area (Å²) in [5, 5.41) is 2.53. The Hall–Kier alpha value is -1.14. The van der Waals surface area contributed by atoms with Gasteiger partial charge in [-0.05, 0) is 25.0 Å². The number of pyridine rings is 1. The number of anilines is 1. The van der Waals surface area contributed by atoms with E-state index in [1.54, 1.807) is 0 Å². The monoisotopic (exact) mass is 302 g/mol. The van der Waals surface area contributed by atoms with Crippen molar-refractivity contribution in [2.24, 2.45) is 5.92 Å². The van der Waals surface area contributed by atoms with Crippen molar-refractivity contribution in [1.29, 1.82) is 0 Å². The van der Waals surface area contributed by atoms with Crippen molar-refractivity contribution in [3.8, 4) is 0 Å². The van der Waals surface area contributed by atoms with Gasteiger partial charge in [-0.15, -0.1) is 0 Å². The van der Waals surface area contributed by atoms with E-state index in [1.165, 1.54) is 24.8 Å². The van der Waals surface area contributed by atoms with Crippen LogP contribution in [0.4, 0.5) is 5.69 Å². The number of aromatic nitrogens is 1. The molecule has 1 N–H and O–H groups in total. The average Bonchev–Trinajstić information content (AvgIpc) is 2.39.